The Labute approximate surface area is 132 Å². The molecule has 21 heavy (non-hydrogen) atoms. The maximum atomic E-state index is 12.5. The highest BCUT2D eigenvalue weighted by molar-refractivity contribution is 9.10. The van der Waals surface area contributed by atoms with Crippen LogP contribution >= 0.6 is 15.9 Å². The number of hydrogen-bond acceptors (Lipinski definition) is 3. The van der Waals surface area contributed by atoms with Crippen LogP contribution in [-0.2, 0) is 14.3 Å². The third-order valence-electron chi connectivity index (χ3n) is 3.94. The fourth-order valence-electron chi connectivity index (χ4n) is 2.79. The number of carbonyl (C=O) groups excluding carboxylic acids is 2. The summed E-state index contributed by atoms with van der Waals surface area (Å²) in [5, 5.41) is 0. The Kier molecular flexibility index (Phi) is 4.26. The third-order valence-corrected chi connectivity index (χ3v) is 4.46. The predicted octanol–water partition coefficient (Wildman–Crippen LogP) is 1.66. The summed E-state index contributed by atoms with van der Waals surface area (Å²) in [5.74, 6) is -0.144. The Morgan fingerprint density at radius 2 is 1.86 bits per heavy atom. The first kappa shape index (κ1) is 14.5. The average molecular weight is 353 g/mol. The summed E-state index contributed by atoms with van der Waals surface area (Å²) in [4.78, 5) is 28.2. The topological polar surface area (TPSA) is 49.9 Å². The zero-order chi connectivity index (χ0) is 14.8. The highest BCUT2D eigenvalue weighted by Crippen LogP contribution is 2.27. The van der Waals surface area contributed by atoms with Gasteiger partial charge < -0.3 is 14.5 Å². The van der Waals surface area contributed by atoms with E-state index in [9.17, 15) is 9.59 Å². The van der Waals surface area contributed by atoms with Crippen molar-refractivity contribution in [3.05, 3.63) is 28.7 Å². The average Bonchev–Trinajstić information content (AvgIpc) is 2.90. The Morgan fingerprint density at radius 3 is 2.52 bits per heavy atom. The van der Waals surface area contributed by atoms with E-state index in [2.05, 4.69) is 15.9 Å². The summed E-state index contributed by atoms with van der Waals surface area (Å²) >= 11 is 3.38. The van der Waals surface area contributed by atoms with Crippen molar-refractivity contribution in [2.24, 2.45) is 5.92 Å². The number of hydrogen-bond donors (Lipinski definition) is 0. The van der Waals surface area contributed by atoms with Crippen molar-refractivity contribution < 1.29 is 14.3 Å². The number of carbonyl (C=O) groups is 2. The molecule has 1 aromatic rings. The molecule has 2 aliphatic heterocycles. The molecule has 1 aromatic carbocycles. The van der Waals surface area contributed by atoms with Gasteiger partial charge >= 0.3 is 0 Å². The van der Waals surface area contributed by atoms with Crippen LogP contribution in [0.25, 0.3) is 0 Å². The SMILES string of the molecule is O=C([C@@H]1CC(=O)N(c2ccc(Br)cc2)C1)N1CCOCC1. The number of amides is 2. The monoisotopic (exact) mass is 352 g/mol. The molecule has 2 amide bonds. The third kappa shape index (κ3) is 3.11. The molecule has 2 heterocycles. The van der Waals surface area contributed by atoms with Gasteiger partial charge in [0, 0.05) is 36.2 Å². The zero-order valence-corrected chi connectivity index (χ0v) is 13.2. The number of benzene rings is 1. The standard InChI is InChI=1S/C15H17BrN2O3/c16-12-1-3-13(4-2-12)18-10-11(9-14(18)19)15(20)17-5-7-21-8-6-17/h1-4,11H,5-10H2/t11-/m1/s1. The maximum Gasteiger partial charge on any atom is 0.228 e. The fraction of sp³-hybridized carbons (Fsp3) is 0.467. The van der Waals surface area contributed by atoms with Gasteiger partial charge in [0.25, 0.3) is 0 Å². The van der Waals surface area contributed by atoms with Crippen molar-refractivity contribution in [2.45, 2.75) is 6.42 Å². The second-order valence-electron chi connectivity index (χ2n) is 5.32. The number of halogens is 1. The summed E-state index contributed by atoms with van der Waals surface area (Å²) < 4.78 is 6.23. The fourth-order valence-corrected chi connectivity index (χ4v) is 3.05. The second kappa shape index (κ2) is 6.15. The lowest BCUT2D eigenvalue weighted by Crippen LogP contribution is -2.44. The van der Waals surface area contributed by atoms with Gasteiger partial charge in [-0.15, -0.1) is 0 Å². The molecule has 0 bridgehead atoms. The van der Waals surface area contributed by atoms with Gasteiger partial charge in [0.05, 0.1) is 19.1 Å². The first-order valence-electron chi connectivity index (χ1n) is 7.07. The van der Waals surface area contributed by atoms with Crippen molar-refractivity contribution in [1.29, 1.82) is 0 Å². The van der Waals surface area contributed by atoms with Crippen LogP contribution < -0.4 is 4.90 Å². The summed E-state index contributed by atoms with van der Waals surface area (Å²) in [6, 6.07) is 7.59. The van der Waals surface area contributed by atoms with E-state index in [0.717, 1.165) is 10.2 Å². The van der Waals surface area contributed by atoms with E-state index in [1.165, 1.54) is 0 Å². The molecule has 5 nitrogen and oxygen atoms in total. The minimum atomic E-state index is -0.237. The van der Waals surface area contributed by atoms with Crippen LogP contribution in [0.4, 0.5) is 5.69 Å². The van der Waals surface area contributed by atoms with Gasteiger partial charge in [-0.2, -0.15) is 0 Å². The highest BCUT2D eigenvalue weighted by atomic mass is 79.9. The van der Waals surface area contributed by atoms with Gasteiger partial charge in [-0.1, -0.05) is 15.9 Å². The Morgan fingerprint density at radius 1 is 1.19 bits per heavy atom. The second-order valence-corrected chi connectivity index (χ2v) is 6.24. The smallest absolute Gasteiger partial charge is 0.228 e. The molecule has 0 unspecified atom stereocenters. The van der Waals surface area contributed by atoms with Crippen molar-refractivity contribution in [2.75, 3.05) is 37.7 Å². The lowest BCUT2D eigenvalue weighted by Gasteiger charge is -2.29. The summed E-state index contributed by atoms with van der Waals surface area (Å²) in [6.07, 6.45) is 0.298. The maximum absolute atomic E-state index is 12.5. The van der Waals surface area contributed by atoms with E-state index in [1.807, 2.05) is 29.2 Å². The quantitative estimate of drug-likeness (QED) is 0.813. The zero-order valence-electron chi connectivity index (χ0n) is 11.6. The molecule has 2 saturated heterocycles. The molecular formula is C15H17BrN2O3. The van der Waals surface area contributed by atoms with Crippen molar-refractivity contribution >= 4 is 33.4 Å². The van der Waals surface area contributed by atoms with E-state index < -0.39 is 0 Å². The molecule has 2 fully saturated rings. The van der Waals surface area contributed by atoms with Crippen molar-refractivity contribution in [1.82, 2.24) is 4.90 Å². The minimum Gasteiger partial charge on any atom is -0.378 e. The molecule has 6 heteroatoms. The molecular weight excluding hydrogens is 336 g/mol. The highest BCUT2D eigenvalue weighted by Gasteiger charge is 2.37. The van der Waals surface area contributed by atoms with Crippen LogP contribution in [0.3, 0.4) is 0 Å². The number of ether oxygens (including phenoxy) is 1. The van der Waals surface area contributed by atoms with Crippen molar-refractivity contribution in [3.63, 3.8) is 0 Å². The number of morpholine rings is 1. The molecule has 0 N–H and O–H groups in total. The lowest BCUT2D eigenvalue weighted by atomic mass is 10.1. The van der Waals surface area contributed by atoms with Crippen LogP contribution in [0.2, 0.25) is 0 Å². The first-order chi connectivity index (χ1) is 10.1. The molecule has 2 aliphatic rings. The van der Waals surface area contributed by atoms with E-state index in [-0.39, 0.29) is 17.7 Å². The molecule has 0 aromatic heterocycles. The van der Waals surface area contributed by atoms with Gasteiger partial charge in [0.1, 0.15) is 0 Å². The summed E-state index contributed by atoms with van der Waals surface area (Å²) in [7, 11) is 0. The number of anilines is 1. The van der Waals surface area contributed by atoms with Gasteiger partial charge in [-0.05, 0) is 24.3 Å². The van der Waals surface area contributed by atoms with Crippen LogP contribution in [-0.4, -0.2) is 49.6 Å². The Hall–Kier alpha value is -1.40. The molecule has 1 atom stereocenters. The van der Waals surface area contributed by atoms with E-state index in [4.69, 9.17) is 4.74 Å². The van der Waals surface area contributed by atoms with Gasteiger partial charge in [-0.3, -0.25) is 9.59 Å². The number of rotatable bonds is 2. The Bertz CT molecular complexity index is 540. The summed E-state index contributed by atoms with van der Waals surface area (Å²) in [6.45, 7) is 2.89. The minimum absolute atomic E-state index is 0.0175. The van der Waals surface area contributed by atoms with Crippen LogP contribution in [0, 0.1) is 5.92 Å². The normalized spacial score (nSPS) is 22.7. The predicted molar refractivity (Wildman–Crippen MR) is 82.0 cm³/mol. The van der Waals surface area contributed by atoms with Gasteiger partial charge in [-0.25, -0.2) is 0 Å². The van der Waals surface area contributed by atoms with Gasteiger partial charge in [0.2, 0.25) is 11.8 Å². The van der Waals surface area contributed by atoms with Crippen molar-refractivity contribution in [3.8, 4) is 0 Å². The summed E-state index contributed by atoms with van der Waals surface area (Å²) in [5.41, 5.74) is 0.848. The van der Waals surface area contributed by atoms with Crippen LogP contribution in [0.1, 0.15) is 6.42 Å². The molecule has 112 valence electrons. The lowest BCUT2D eigenvalue weighted by molar-refractivity contribution is -0.139. The molecule has 0 spiro atoms. The molecule has 3 rings (SSSR count). The number of nitrogens with zero attached hydrogens (tertiary/aromatic N) is 2. The van der Waals surface area contributed by atoms with Gasteiger partial charge in [0.15, 0.2) is 0 Å². The Balaban J connectivity index is 1.69. The first-order valence-corrected chi connectivity index (χ1v) is 7.87. The molecule has 0 radical (unpaired) electrons. The van der Waals surface area contributed by atoms with Crippen LogP contribution in [0.5, 0.6) is 0 Å². The van der Waals surface area contributed by atoms with E-state index in [1.54, 1.807) is 4.90 Å². The molecule has 0 aliphatic carbocycles. The van der Waals surface area contributed by atoms with Crippen LogP contribution in [0.15, 0.2) is 28.7 Å². The van der Waals surface area contributed by atoms with E-state index in [0.29, 0.717) is 39.3 Å². The molecule has 0 saturated carbocycles. The van der Waals surface area contributed by atoms with E-state index >= 15 is 0 Å². The largest absolute Gasteiger partial charge is 0.378 e.